The summed E-state index contributed by atoms with van der Waals surface area (Å²) in [6.45, 7) is 2.87. The molecule has 0 aliphatic rings. The van der Waals surface area contributed by atoms with Crippen LogP contribution >= 0.6 is 0 Å². The van der Waals surface area contributed by atoms with Crippen LogP contribution in [0.25, 0.3) is 0 Å². The molecule has 0 aliphatic heterocycles. The second kappa shape index (κ2) is 6.47. The zero-order chi connectivity index (χ0) is 12.7. The van der Waals surface area contributed by atoms with Gasteiger partial charge in [0.2, 0.25) is 5.91 Å². The van der Waals surface area contributed by atoms with Gasteiger partial charge in [-0.1, -0.05) is 0 Å². The molecule has 0 aromatic carbocycles. The van der Waals surface area contributed by atoms with Gasteiger partial charge in [-0.25, -0.2) is 0 Å². The van der Waals surface area contributed by atoms with Gasteiger partial charge < -0.3 is 16.4 Å². The molecule has 0 fully saturated rings. The molecule has 0 unspecified atom stereocenters. The molecular weight excluding hydrogens is 220 g/mol. The summed E-state index contributed by atoms with van der Waals surface area (Å²) < 4.78 is 0. The van der Waals surface area contributed by atoms with Crippen LogP contribution in [0.5, 0.6) is 0 Å². The van der Waals surface area contributed by atoms with Gasteiger partial charge in [0.25, 0.3) is 5.91 Å². The molecule has 0 atom stereocenters. The normalized spacial score (nSPS) is 9.71. The van der Waals surface area contributed by atoms with Crippen molar-refractivity contribution in [3.63, 3.8) is 0 Å². The molecule has 6 nitrogen and oxygen atoms in total. The number of amides is 2. The fourth-order valence-corrected chi connectivity index (χ4v) is 1.32. The van der Waals surface area contributed by atoms with Crippen molar-refractivity contribution in [1.82, 2.24) is 10.3 Å². The van der Waals surface area contributed by atoms with Gasteiger partial charge in [0.1, 0.15) is 0 Å². The Morgan fingerprint density at radius 3 is 2.88 bits per heavy atom. The van der Waals surface area contributed by atoms with Crippen molar-refractivity contribution in [2.45, 2.75) is 13.3 Å². The second-order valence-corrected chi connectivity index (χ2v) is 3.42. The molecule has 0 saturated heterocycles. The van der Waals surface area contributed by atoms with Crippen molar-refractivity contribution in [1.29, 1.82) is 0 Å². The highest BCUT2D eigenvalue weighted by Gasteiger charge is 2.10. The Labute approximate surface area is 99.6 Å². The van der Waals surface area contributed by atoms with Crippen LogP contribution in [0.15, 0.2) is 18.5 Å². The Balaban J connectivity index is 2.64. The van der Waals surface area contributed by atoms with E-state index in [0.29, 0.717) is 17.8 Å². The van der Waals surface area contributed by atoms with Gasteiger partial charge in [-0.15, -0.1) is 0 Å². The smallest absolute Gasteiger partial charge is 0.253 e. The van der Waals surface area contributed by atoms with E-state index in [0.717, 1.165) is 0 Å². The molecule has 17 heavy (non-hydrogen) atoms. The highest BCUT2D eigenvalue weighted by Crippen LogP contribution is 2.12. The lowest BCUT2D eigenvalue weighted by molar-refractivity contribution is -0.117. The van der Waals surface area contributed by atoms with E-state index in [1.54, 1.807) is 18.5 Å². The van der Waals surface area contributed by atoms with Gasteiger partial charge in [-0.05, 0) is 13.0 Å². The third-order valence-electron chi connectivity index (χ3n) is 2.09. The molecule has 0 radical (unpaired) electrons. The van der Waals surface area contributed by atoms with Gasteiger partial charge in [0.05, 0.1) is 17.4 Å². The van der Waals surface area contributed by atoms with Crippen molar-refractivity contribution < 1.29 is 9.59 Å². The van der Waals surface area contributed by atoms with Crippen LogP contribution < -0.4 is 16.4 Å². The Morgan fingerprint density at radius 2 is 2.24 bits per heavy atom. The minimum atomic E-state index is -0.438. The molecule has 1 aromatic rings. The van der Waals surface area contributed by atoms with E-state index >= 15 is 0 Å². The highest BCUT2D eigenvalue weighted by atomic mass is 16.2. The van der Waals surface area contributed by atoms with E-state index in [4.69, 9.17) is 5.73 Å². The molecule has 0 aliphatic carbocycles. The minimum Gasteiger partial charge on any atom is -0.383 e. The average Bonchev–Trinajstić information content (AvgIpc) is 2.29. The average molecular weight is 236 g/mol. The van der Waals surface area contributed by atoms with Gasteiger partial charge >= 0.3 is 0 Å². The standard InChI is InChI=1S/C11H16N4O2/c1-2-14-9-7-13-5-3-8(9)11(17)15-6-4-10(12)16/h3,5,7,14H,2,4,6H2,1H3,(H2,12,16)(H,15,17). The van der Waals surface area contributed by atoms with Crippen LogP contribution in [0.1, 0.15) is 23.7 Å². The van der Waals surface area contributed by atoms with Crippen molar-refractivity contribution in [2.24, 2.45) is 5.73 Å². The van der Waals surface area contributed by atoms with Gasteiger partial charge in [-0.2, -0.15) is 0 Å². The van der Waals surface area contributed by atoms with Crippen molar-refractivity contribution in [2.75, 3.05) is 18.4 Å². The summed E-state index contributed by atoms with van der Waals surface area (Å²) >= 11 is 0. The summed E-state index contributed by atoms with van der Waals surface area (Å²) in [6, 6.07) is 1.62. The summed E-state index contributed by atoms with van der Waals surface area (Å²) in [7, 11) is 0. The van der Waals surface area contributed by atoms with E-state index in [2.05, 4.69) is 15.6 Å². The first-order valence-corrected chi connectivity index (χ1v) is 5.39. The van der Waals surface area contributed by atoms with Gasteiger partial charge in [0.15, 0.2) is 0 Å². The second-order valence-electron chi connectivity index (χ2n) is 3.42. The molecule has 2 amide bonds. The van der Waals surface area contributed by atoms with E-state index in [-0.39, 0.29) is 18.9 Å². The Kier molecular flexibility index (Phi) is 4.93. The quantitative estimate of drug-likeness (QED) is 0.653. The molecule has 0 bridgehead atoms. The number of carbonyl (C=O) groups is 2. The fraction of sp³-hybridized carbons (Fsp3) is 0.364. The van der Waals surface area contributed by atoms with Crippen LogP contribution in [0.2, 0.25) is 0 Å². The van der Waals surface area contributed by atoms with E-state index in [1.807, 2.05) is 6.92 Å². The number of nitrogens with one attached hydrogen (secondary N) is 2. The molecule has 1 heterocycles. The van der Waals surface area contributed by atoms with Crippen molar-refractivity contribution >= 4 is 17.5 Å². The predicted molar refractivity (Wildman–Crippen MR) is 64.5 cm³/mol. The summed E-state index contributed by atoms with van der Waals surface area (Å²) in [5, 5.41) is 5.66. The molecule has 1 rings (SSSR count). The van der Waals surface area contributed by atoms with E-state index < -0.39 is 5.91 Å². The topological polar surface area (TPSA) is 97.1 Å². The number of nitrogens with zero attached hydrogens (tertiary/aromatic N) is 1. The van der Waals surface area contributed by atoms with Crippen molar-refractivity contribution in [3.8, 4) is 0 Å². The van der Waals surface area contributed by atoms with E-state index in [1.165, 1.54) is 0 Å². The first-order valence-electron chi connectivity index (χ1n) is 5.39. The number of hydrogen-bond donors (Lipinski definition) is 3. The minimum absolute atomic E-state index is 0.132. The Bertz CT molecular complexity index is 406. The summed E-state index contributed by atoms with van der Waals surface area (Å²) in [4.78, 5) is 26.3. The van der Waals surface area contributed by atoms with Gasteiger partial charge in [-0.3, -0.25) is 14.6 Å². The highest BCUT2D eigenvalue weighted by molar-refractivity contribution is 5.99. The number of carbonyl (C=O) groups excluding carboxylic acids is 2. The van der Waals surface area contributed by atoms with Gasteiger partial charge in [0, 0.05) is 25.7 Å². The number of hydrogen-bond acceptors (Lipinski definition) is 4. The number of anilines is 1. The van der Waals surface area contributed by atoms with Crippen LogP contribution in [0.3, 0.4) is 0 Å². The molecule has 0 spiro atoms. The predicted octanol–water partition coefficient (Wildman–Crippen LogP) is 0.119. The maximum Gasteiger partial charge on any atom is 0.253 e. The molecule has 4 N–H and O–H groups in total. The monoisotopic (exact) mass is 236 g/mol. The van der Waals surface area contributed by atoms with Crippen LogP contribution in [0.4, 0.5) is 5.69 Å². The summed E-state index contributed by atoms with van der Waals surface area (Å²) in [5.74, 6) is -0.684. The molecule has 0 saturated carbocycles. The number of nitrogens with two attached hydrogens (primary N) is 1. The molecule has 92 valence electrons. The molecular formula is C11H16N4O2. The maximum atomic E-state index is 11.8. The third-order valence-corrected chi connectivity index (χ3v) is 2.09. The fourth-order valence-electron chi connectivity index (χ4n) is 1.32. The third kappa shape index (κ3) is 4.10. The first kappa shape index (κ1) is 13.0. The summed E-state index contributed by atoms with van der Waals surface area (Å²) in [5.41, 5.74) is 6.16. The maximum absolute atomic E-state index is 11.8. The zero-order valence-electron chi connectivity index (χ0n) is 9.69. The Hall–Kier alpha value is -2.11. The Morgan fingerprint density at radius 1 is 1.47 bits per heavy atom. The number of rotatable bonds is 6. The molecule has 6 heteroatoms. The lowest BCUT2D eigenvalue weighted by atomic mass is 10.2. The number of pyridine rings is 1. The lowest BCUT2D eigenvalue weighted by Gasteiger charge is -2.09. The molecule has 1 aromatic heterocycles. The van der Waals surface area contributed by atoms with Crippen LogP contribution in [0, 0.1) is 0 Å². The largest absolute Gasteiger partial charge is 0.383 e. The van der Waals surface area contributed by atoms with E-state index in [9.17, 15) is 9.59 Å². The van der Waals surface area contributed by atoms with Crippen LogP contribution in [-0.2, 0) is 4.79 Å². The first-order chi connectivity index (χ1) is 8.15. The SMILES string of the molecule is CCNc1cnccc1C(=O)NCCC(N)=O. The van der Waals surface area contributed by atoms with Crippen LogP contribution in [-0.4, -0.2) is 29.9 Å². The number of primary amides is 1. The lowest BCUT2D eigenvalue weighted by Crippen LogP contribution is -2.28. The summed E-state index contributed by atoms with van der Waals surface area (Å²) in [6.07, 6.45) is 3.27. The van der Waals surface area contributed by atoms with Crippen molar-refractivity contribution in [3.05, 3.63) is 24.0 Å². The number of aromatic nitrogens is 1. The zero-order valence-corrected chi connectivity index (χ0v) is 9.69.